The van der Waals surface area contributed by atoms with Gasteiger partial charge in [-0.25, -0.2) is 9.37 Å². The van der Waals surface area contributed by atoms with Gasteiger partial charge in [-0.1, -0.05) is 19.3 Å². The second-order valence-electron chi connectivity index (χ2n) is 10.8. The standard InChI is InChI=1S/C31H37FN6O2/c1-21-28(31(40)35-24-11-12-29(34-19-24)37(2)26-9-5-3-6-10-26)18-25(20-33-21)36-30(39)22-15-23(32)17-27(16-22)38-13-7-4-8-14-38/h11-12,15-20,26H,3-10,13-14H2,1-2H3,(H,35,40)(H,36,39). The molecule has 1 aromatic carbocycles. The molecule has 2 N–H and O–H groups in total. The predicted octanol–water partition coefficient (Wildman–Crippen LogP) is 6.19. The molecule has 1 saturated heterocycles. The van der Waals surface area contributed by atoms with Crippen LogP contribution in [-0.2, 0) is 0 Å². The van der Waals surface area contributed by atoms with E-state index in [0.717, 1.165) is 38.2 Å². The zero-order valence-corrected chi connectivity index (χ0v) is 23.3. The summed E-state index contributed by atoms with van der Waals surface area (Å²) in [5.41, 5.74) is 2.70. The highest BCUT2D eigenvalue weighted by Crippen LogP contribution is 2.26. The molecule has 3 heterocycles. The Balaban J connectivity index is 1.25. The van der Waals surface area contributed by atoms with Crippen LogP contribution in [0.15, 0.2) is 48.8 Å². The van der Waals surface area contributed by atoms with Gasteiger partial charge in [-0.15, -0.1) is 0 Å². The van der Waals surface area contributed by atoms with Crippen LogP contribution in [0.2, 0.25) is 0 Å². The fourth-order valence-corrected chi connectivity index (χ4v) is 5.60. The summed E-state index contributed by atoms with van der Waals surface area (Å²) in [5, 5.41) is 5.65. The number of benzene rings is 1. The van der Waals surface area contributed by atoms with E-state index < -0.39 is 11.7 Å². The summed E-state index contributed by atoms with van der Waals surface area (Å²) in [6.45, 7) is 3.43. The first-order valence-corrected chi connectivity index (χ1v) is 14.2. The molecule has 2 aliphatic rings. The number of anilines is 4. The average Bonchev–Trinajstić information content (AvgIpc) is 2.98. The number of nitrogens with zero attached hydrogens (tertiary/aromatic N) is 4. The normalized spacial score (nSPS) is 15.9. The van der Waals surface area contributed by atoms with E-state index in [1.807, 2.05) is 12.1 Å². The molecule has 8 nitrogen and oxygen atoms in total. The second kappa shape index (κ2) is 12.4. The molecule has 0 bridgehead atoms. The second-order valence-corrected chi connectivity index (χ2v) is 10.8. The van der Waals surface area contributed by atoms with Gasteiger partial charge >= 0.3 is 0 Å². The monoisotopic (exact) mass is 544 g/mol. The maximum atomic E-state index is 14.4. The van der Waals surface area contributed by atoms with Crippen molar-refractivity contribution < 1.29 is 14.0 Å². The van der Waals surface area contributed by atoms with Gasteiger partial charge in [-0.2, -0.15) is 0 Å². The Kier molecular flexibility index (Phi) is 8.57. The molecule has 9 heteroatoms. The third-order valence-electron chi connectivity index (χ3n) is 7.94. The first-order chi connectivity index (χ1) is 19.4. The molecule has 2 aromatic heterocycles. The lowest BCUT2D eigenvalue weighted by Gasteiger charge is -2.32. The molecule has 210 valence electrons. The van der Waals surface area contributed by atoms with Crippen molar-refractivity contribution in [3.05, 3.63) is 71.4 Å². The molecule has 1 saturated carbocycles. The van der Waals surface area contributed by atoms with Crippen molar-refractivity contribution in [2.45, 2.75) is 64.3 Å². The van der Waals surface area contributed by atoms with E-state index in [-0.39, 0.29) is 11.5 Å². The van der Waals surface area contributed by atoms with Crippen LogP contribution in [0.1, 0.15) is 77.8 Å². The van der Waals surface area contributed by atoms with Crippen LogP contribution in [0.4, 0.5) is 27.3 Å². The van der Waals surface area contributed by atoms with Gasteiger partial charge in [-0.05, 0) is 75.4 Å². The van der Waals surface area contributed by atoms with Gasteiger partial charge in [0.25, 0.3) is 11.8 Å². The Bertz CT molecular complexity index is 1350. The highest BCUT2D eigenvalue weighted by atomic mass is 19.1. The lowest BCUT2D eigenvalue weighted by molar-refractivity contribution is 0.101. The van der Waals surface area contributed by atoms with Gasteiger partial charge in [0.05, 0.1) is 35.0 Å². The molecule has 40 heavy (non-hydrogen) atoms. The number of hydrogen-bond acceptors (Lipinski definition) is 6. The predicted molar refractivity (Wildman–Crippen MR) is 157 cm³/mol. The van der Waals surface area contributed by atoms with E-state index in [1.165, 1.54) is 50.4 Å². The Labute approximate surface area is 235 Å². The van der Waals surface area contributed by atoms with E-state index in [4.69, 9.17) is 0 Å². The largest absolute Gasteiger partial charge is 0.371 e. The maximum absolute atomic E-state index is 14.4. The zero-order valence-electron chi connectivity index (χ0n) is 23.3. The minimum absolute atomic E-state index is 0.219. The molecule has 3 aromatic rings. The Hall–Kier alpha value is -4.01. The van der Waals surface area contributed by atoms with E-state index in [2.05, 4.69) is 37.4 Å². The molecule has 0 unspecified atom stereocenters. The Morgan fingerprint density at radius 2 is 1.57 bits per heavy atom. The fraction of sp³-hybridized carbons (Fsp3) is 0.419. The summed E-state index contributed by atoms with van der Waals surface area (Å²) in [6.07, 6.45) is 12.6. The van der Waals surface area contributed by atoms with Crippen molar-refractivity contribution in [3.63, 3.8) is 0 Å². The number of rotatable bonds is 7. The number of hydrogen-bond donors (Lipinski definition) is 2. The zero-order chi connectivity index (χ0) is 28.1. The van der Waals surface area contributed by atoms with Crippen LogP contribution in [0.25, 0.3) is 0 Å². The van der Waals surface area contributed by atoms with Gasteiger partial charge in [0.2, 0.25) is 0 Å². The van der Waals surface area contributed by atoms with Crippen LogP contribution in [0.5, 0.6) is 0 Å². The molecule has 0 atom stereocenters. The minimum atomic E-state index is -0.461. The van der Waals surface area contributed by atoms with Crippen LogP contribution in [0, 0.1) is 12.7 Å². The summed E-state index contributed by atoms with van der Waals surface area (Å²) in [4.78, 5) is 39.3. The third kappa shape index (κ3) is 6.58. The molecule has 1 aliphatic heterocycles. The average molecular weight is 545 g/mol. The van der Waals surface area contributed by atoms with Gasteiger partial charge in [-0.3, -0.25) is 14.6 Å². The highest BCUT2D eigenvalue weighted by Gasteiger charge is 2.20. The van der Waals surface area contributed by atoms with E-state index in [0.29, 0.717) is 34.4 Å². The van der Waals surface area contributed by atoms with Crippen LogP contribution in [-0.4, -0.2) is 48.0 Å². The van der Waals surface area contributed by atoms with Crippen LogP contribution >= 0.6 is 0 Å². The molecule has 2 fully saturated rings. The topological polar surface area (TPSA) is 90.5 Å². The highest BCUT2D eigenvalue weighted by molar-refractivity contribution is 6.08. The third-order valence-corrected chi connectivity index (χ3v) is 7.94. The smallest absolute Gasteiger partial charge is 0.257 e. The van der Waals surface area contributed by atoms with E-state index >= 15 is 0 Å². The van der Waals surface area contributed by atoms with Crippen LogP contribution in [0.3, 0.4) is 0 Å². The fourth-order valence-electron chi connectivity index (χ4n) is 5.60. The summed E-state index contributed by atoms with van der Waals surface area (Å²) in [6, 6.07) is 10.2. The van der Waals surface area contributed by atoms with Gasteiger partial charge in [0, 0.05) is 37.4 Å². The number of amides is 2. The summed E-state index contributed by atoms with van der Waals surface area (Å²) in [5.74, 6) is -0.390. The molecule has 5 rings (SSSR count). The van der Waals surface area contributed by atoms with Gasteiger partial charge in [0.15, 0.2) is 0 Å². The Morgan fingerprint density at radius 3 is 2.30 bits per heavy atom. The minimum Gasteiger partial charge on any atom is -0.371 e. The summed E-state index contributed by atoms with van der Waals surface area (Å²) < 4.78 is 14.4. The number of pyridine rings is 2. The molecule has 2 amide bonds. The number of halogens is 1. The number of aromatic nitrogens is 2. The van der Waals surface area contributed by atoms with Crippen molar-refractivity contribution in [2.75, 3.05) is 40.6 Å². The number of carbonyl (C=O) groups excluding carboxylic acids is 2. The molecule has 1 aliphatic carbocycles. The molecular formula is C31H37FN6O2. The summed E-state index contributed by atoms with van der Waals surface area (Å²) in [7, 11) is 2.07. The first kappa shape index (κ1) is 27.6. The maximum Gasteiger partial charge on any atom is 0.257 e. The first-order valence-electron chi connectivity index (χ1n) is 14.2. The quantitative estimate of drug-likeness (QED) is 0.369. The molecule has 0 spiro atoms. The van der Waals surface area contributed by atoms with Gasteiger partial charge in [0.1, 0.15) is 11.6 Å². The van der Waals surface area contributed by atoms with Crippen molar-refractivity contribution in [1.29, 1.82) is 0 Å². The molecular weight excluding hydrogens is 507 g/mol. The Morgan fingerprint density at radius 1 is 0.875 bits per heavy atom. The number of aryl methyl sites for hydroxylation is 1. The number of nitrogens with one attached hydrogen (secondary N) is 2. The van der Waals surface area contributed by atoms with Crippen molar-refractivity contribution in [1.82, 2.24) is 9.97 Å². The van der Waals surface area contributed by atoms with Crippen molar-refractivity contribution >= 4 is 34.7 Å². The lowest BCUT2D eigenvalue weighted by atomic mass is 9.94. The summed E-state index contributed by atoms with van der Waals surface area (Å²) >= 11 is 0. The van der Waals surface area contributed by atoms with Gasteiger partial charge < -0.3 is 20.4 Å². The number of carbonyl (C=O) groups is 2. The SMILES string of the molecule is Cc1ncc(NC(=O)c2cc(F)cc(N3CCCCC3)c2)cc1C(=O)Nc1ccc(N(C)C2CCCCC2)nc1. The van der Waals surface area contributed by atoms with Crippen LogP contribution < -0.4 is 20.4 Å². The lowest BCUT2D eigenvalue weighted by Crippen LogP contribution is -2.33. The van der Waals surface area contributed by atoms with E-state index in [9.17, 15) is 14.0 Å². The van der Waals surface area contributed by atoms with Crippen molar-refractivity contribution in [2.24, 2.45) is 0 Å². The van der Waals surface area contributed by atoms with Crippen molar-refractivity contribution in [3.8, 4) is 0 Å². The number of piperidine rings is 1. The van der Waals surface area contributed by atoms with E-state index in [1.54, 1.807) is 25.3 Å². The molecule has 0 radical (unpaired) electrons.